The lowest BCUT2D eigenvalue weighted by Gasteiger charge is -2.26. The molecule has 3 rings (SSSR count). The lowest BCUT2D eigenvalue weighted by molar-refractivity contribution is 0.412. The molecule has 104 valence electrons. The highest BCUT2D eigenvalue weighted by atomic mass is 16.5. The Bertz CT molecular complexity index is 587. The molecule has 0 N–H and O–H groups in total. The summed E-state index contributed by atoms with van der Waals surface area (Å²) in [6.07, 6.45) is 3.62. The maximum atomic E-state index is 5.38. The Morgan fingerprint density at radius 2 is 1.60 bits per heavy atom. The van der Waals surface area contributed by atoms with Gasteiger partial charge in [0.2, 0.25) is 0 Å². The van der Waals surface area contributed by atoms with E-state index in [9.17, 15) is 0 Å². The van der Waals surface area contributed by atoms with Gasteiger partial charge in [0.05, 0.1) is 14.2 Å². The fourth-order valence-electron chi connectivity index (χ4n) is 3.09. The zero-order valence-corrected chi connectivity index (χ0v) is 12.1. The Morgan fingerprint density at radius 3 is 2.30 bits per heavy atom. The largest absolute Gasteiger partial charge is 0.497 e. The first-order chi connectivity index (χ1) is 9.81. The Morgan fingerprint density at radius 1 is 0.900 bits per heavy atom. The van der Waals surface area contributed by atoms with Crippen molar-refractivity contribution in [1.29, 1.82) is 0 Å². The average molecular weight is 268 g/mol. The van der Waals surface area contributed by atoms with Gasteiger partial charge in [-0.25, -0.2) is 0 Å². The Hall–Kier alpha value is -1.96. The van der Waals surface area contributed by atoms with Crippen LogP contribution in [-0.2, 0) is 6.42 Å². The SMILES string of the molecule is COc1ccc(C2CCCc3ccc(OC)cc32)cc1. The van der Waals surface area contributed by atoms with E-state index in [1.807, 2.05) is 12.1 Å². The Kier molecular flexibility index (Phi) is 3.64. The standard InChI is InChI=1S/C18H20O2/c1-19-15-9-6-14(7-10-15)17-5-3-4-13-8-11-16(20-2)12-18(13)17/h6-12,17H,3-5H2,1-2H3. The van der Waals surface area contributed by atoms with E-state index < -0.39 is 0 Å². The molecule has 0 amide bonds. The molecule has 2 heteroatoms. The fourth-order valence-corrected chi connectivity index (χ4v) is 3.09. The lowest BCUT2D eigenvalue weighted by Crippen LogP contribution is -2.11. The number of hydrogen-bond acceptors (Lipinski definition) is 2. The molecule has 20 heavy (non-hydrogen) atoms. The number of hydrogen-bond donors (Lipinski definition) is 0. The van der Waals surface area contributed by atoms with Crippen LogP contribution in [-0.4, -0.2) is 14.2 Å². The van der Waals surface area contributed by atoms with Crippen LogP contribution in [0.2, 0.25) is 0 Å². The first-order valence-electron chi connectivity index (χ1n) is 7.12. The van der Waals surface area contributed by atoms with Gasteiger partial charge >= 0.3 is 0 Å². The molecule has 0 bridgehead atoms. The first-order valence-corrected chi connectivity index (χ1v) is 7.12. The third kappa shape index (κ3) is 2.38. The molecular formula is C18H20O2. The molecule has 0 aliphatic heterocycles. The van der Waals surface area contributed by atoms with Crippen molar-refractivity contribution < 1.29 is 9.47 Å². The van der Waals surface area contributed by atoms with Crippen LogP contribution in [0.4, 0.5) is 0 Å². The lowest BCUT2D eigenvalue weighted by atomic mass is 9.79. The van der Waals surface area contributed by atoms with Gasteiger partial charge in [-0.1, -0.05) is 18.2 Å². The molecule has 1 atom stereocenters. The van der Waals surface area contributed by atoms with Crippen molar-refractivity contribution >= 4 is 0 Å². The van der Waals surface area contributed by atoms with Gasteiger partial charge in [0.25, 0.3) is 0 Å². The van der Waals surface area contributed by atoms with Crippen molar-refractivity contribution in [3.8, 4) is 11.5 Å². The molecule has 0 radical (unpaired) electrons. The predicted octanol–water partition coefficient (Wildman–Crippen LogP) is 4.17. The molecule has 0 saturated carbocycles. The molecular weight excluding hydrogens is 248 g/mol. The highest BCUT2D eigenvalue weighted by Crippen LogP contribution is 2.38. The molecule has 1 aliphatic rings. The third-order valence-corrected chi connectivity index (χ3v) is 4.19. The van der Waals surface area contributed by atoms with Gasteiger partial charge in [0, 0.05) is 5.92 Å². The maximum absolute atomic E-state index is 5.38. The Balaban J connectivity index is 1.99. The smallest absolute Gasteiger partial charge is 0.119 e. The molecule has 2 nitrogen and oxygen atoms in total. The highest BCUT2D eigenvalue weighted by molar-refractivity contribution is 5.45. The van der Waals surface area contributed by atoms with Crippen LogP contribution in [0.25, 0.3) is 0 Å². The summed E-state index contributed by atoms with van der Waals surface area (Å²) in [7, 11) is 3.43. The summed E-state index contributed by atoms with van der Waals surface area (Å²) in [5, 5.41) is 0. The molecule has 1 unspecified atom stereocenters. The van der Waals surface area contributed by atoms with E-state index in [2.05, 4.69) is 30.3 Å². The zero-order chi connectivity index (χ0) is 13.9. The number of ether oxygens (including phenoxy) is 2. The predicted molar refractivity (Wildman–Crippen MR) is 80.8 cm³/mol. The summed E-state index contributed by atoms with van der Waals surface area (Å²) < 4.78 is 10.6. The first kappa shape index (κ1) is 13.0. The molecule has 0 aromatic heterocycles. The van der Waals surface area contributed by atoms with Crippen molar-refractivity contribution in [2.24, 2.45) is 0 Å². The number of fused-ring (bicyclic) bond motifs is 1. The molecule has 2 aromatic rings. The van der Waals surface area contributed by atoms with E-state index in [-0.39, 0.29) is 0 Å². The summed E-state index contributed by atoms with van der Waals surface area (Å²) in [6.45, 7) is 0. The molecule has 0 heterocycles. The number of aryl methyl sites for hydroxylation is 1. The van der Waals surface area contributed by atoms with Crippen LogP contribution in [0.1, 0.15) is 35.4 Å². The van der Waals surface area contributed by atoms with Crippen molar-refractivity contribution in [2.75, 3.05) is 14.2 Å². The zero-order valence-electron chi connectivity index (χ0n) is 12.1. The molecule has 1 aliphatic carbocycles. The van der Waals surface area contributed by atoms with Crippen molar-refractivity contribution in [3.63, 3.8) is 0 Å². The summed E-state index contributed by atoms with van der Waals surface area (Å²) in [4.78, 5) is 0. The van der Waals surface area contributed by atoms with E-state index in [0.29, 0.717) is 5.92 Å². The van der Waals surface area contributed by atoms with Gasteiger partial charge in [-0.3, -0.25) is 0 Å². The Labute approximate surface area is 120 Å². The molecule has 0 fully saturated rings. The minimum Gasteiger partial charge on any atom is -0.497 e. The van der Waals surface area contributed by atoms with Gasteiger partial charge in [0.15, 0.2) is 0 Å². The number of benzene rings is 2. The van der Waals surface area contributed by atoms with E-state index in [0.717, 1.165) is 11.5 Å². The van der Waals surface area contributed by atoms with Crippen LogP contribution < -0.4 is 9.47 Å². The second kappa shape index (κ2) is 5.58. The van der Waals surface area contributed by atoms with E-state index >= 15 is 0 Å². The summed E-state index contributed by atoms with van der Waals surface area (Å²) in [5.74, 6) is 2.33. The summed E-state index contributed by atoms with van der Waals surface area (Å²) >= 11 is 0. The van der Waals surface area contributed by atoms with Gasteiger partial charge in [0.1, 0.15) is 11.5 Å². The molecule has 2 aromatic carbocycles. The molecule has 0 saturated heterocycles. The number of methoxy groups -OCH3 is 2. The van der Waals surface area contributed by atoms with Gasteiger partial charge in [-0.2, -0.15) is 0 Å². The van der Waals surface area contributed by atoms with Crippen LogP contribution in [0.15, 0.2) is 42.5 Å². The molecule has 0 spiro atoms. The van der Waals surface area contributed by atoms with E-state index in [4.69, 9.17) is 9.47 Å². The monoisotopic (exact) mass is 268 g/mol. The maximum Gasteiger partial charge on any atom is 0.119 e. The van der Waals surface area contributed by atoms with Gasteiger partial charge < -0.3 is 9.47 Å². The van der Waals surface area contributed by atoms with E-state index in [1.54, 1.807) is 14.2 Å². The topological polar surface area (TPSA) is 18.5 Å². The fraction of sp³-hybridized carbons (Fsp3) is 0.333. The van der Waals surface area contributed by atoms with Crippen molar-refractivity contribution in [3.05, 3.63) is 59.2 Å². The highest BCUT2D eigenvalue weighted by Gasteiger charge is 2.22. The van der Waals surface area contributed by atoms with Gasteiger partial charge in [-0.15, -0.1) is 0 Å². The summed E-state index contributed by atoms with van der Waals surface area (Å²) in [5.41, 5.74) is 4.23. The van der Waals surface area contributed by atoms with Crippen molar-refractivity contribution in [2.45, 2.75) is 25.2 Å². The third-order valence-electron chi connectivity index (χ3n) is 4.19. The quantitative estimate of drug-likeness (QED) is 0.831. The second-order valence-electron chi connectivity index (χ2n) is 5.28. The minimum atomic E-state index is 0.472. The van der Waals surface area contributed by atoms with Crippen LogP contribution in [0.3, 0.4) is 0 Å². The normalized spacial score (nSPS) is 17.4. The minimum absolute atomic E-state index is 0.472. The average Bonchev–Trinajstić information content (AvgIpc) is 2.54. The second-order valence-corrected chi connectivity index (χ2v) is 5.28. The van der Waals surface area contributed by atoms with Crippen molar-refractivity contribution in [1.82, 2.24) is 0 Å². The summed E-state index contributed by atoms with van der Waals surface area (Å²) in [6, 6.07) is 14.9. The van der Waals surface area contributed by atoms with Crippen LogP contribution >= 0.6 is 0 Å². The van der Waals surface area contributed by atoms with Gasteiger partial charge in [-0.05, 0) is 60.2 Å². The number of rotatable bonds is 3. The van der Waals surface area contributed by atoms with E-state index in [1.165, 1.54) is 36.0 Å². The van der Waals surface area contributed by atoms with Crippen LogP contribution in [0.5, 0.6) is 11.5 Å². The van der Waals surface area contributed by atoms with Crippen LogP contribution in [0, 0.1) is 0 Å².